The first kappa shape index (κ1) is 18.7. The Balaban J connectivity index is 2.26. The fourth-order valence-corrected chi connectivity index (χ4v) is 2.28. The van der Waals surface area contributed by atoms with E-state index < -0.39 is 16.6 Å². The van der Waals surface area contributed by atoms with E-state index >= 15 is 0 Å². The Morgan fingerprint density at radius 2 is 2.08 bits per heavy atom. The van der Waals surface area contributed by atoms with Gasteiger partial charge < -0.3 is 10.1 Å². The molecule has 1 amide bonds. The van der Waals surface area contributed by atoms with E-state index in [1.165, 1.54) is 30.3 Å². The number of para-hydroxylation sites is 1. The number of nitrogens with one attached hydrogen (secondary N) is 1. The van der Waals surface area contributed by atoms with Gasteiger partial charge in [-0.2, -0.15) is 0 Å². The maximum atomic E-state index is 14.1. The first-order valence-electron chi connectivity index (χ1n) is 7.60. The number of unbranched alkanes of at least 4 members (excludes halogenated alkanes) is 1. The van der Waals surface area contributed by atoms with Gasteiger partial charge in [0.05, 0.1) is 22.2 Å². The van der Waals surface area contributed by atoms with Crippen LogP contribution in [0.3, 0.4) is 0 Å². The molecule has 132 valence electrons. The molecule has 0 aromatic heterocycles. The number of amides is 1. The van der Waals surface area contributed by atoms with Gasteiger partial charge >= 0.3 is 0 Å². The van der Waals surface area contributed by atoms with Crippen LogP contribution < -0.4 is 10.1 Å². The summed E-state index contributed by atoms with van der Waals surface area (Å²) >= 11 is 5.93. The number of anilines is 1. The SMILES string of the molecule is CCCCOc1cc(NC(=O)c2ccccc2[N+](=O)[O-])c(F)cc1Cl. The minimum atomic E-state index is -0.798. The van der Waals surface area contributed by atoms with Crippen LogP contribution in [0.25, 0.3) is 0 Å². The lowest BCUT2D eigenvalue weighted by molar-refractivity contribution is -0.385. The number of ether oxygens (including phenoxy) is 1. The number of nitro benzene ring substituents is 1. The molecule has 1 N–H and O–H groups in total. The van der Waals surface area contributed by atoms with Crippen LogP contribution in [0, 0.1) is 15.9 Å². The largest absolute Gasteiger partial charge is 0.492 e. The third-order valence-electron chi connectivity index (χ3n) is 3.37. The number of nitro groups is 1. The zero-order chi connectivity index (χ0) is 18.4. The van der Waals surface area contributed by atoms with Crippen LogP contribution in [-0.2, 0) is 0 Å². The third-order valence-corrected chi connectivity index (χ3v) is 3.67. The number of carbonyl (C=O) groups excluding carboxylic acids is 1. The molecular formula is C17H16ClFN2O4. The molecule has 0 aliphatic rings. The second-order valence-corrected chi connectivity index (χ2v) is 5.60. The monoisotopic (exact) mass is 366 g/mol. The summed E-state index contributed by atoms with van der Waals surface area (Å²) in [7, 11) is 0. The molecule has 2 aromatic rings. The minimum Gasteiger partial charge on any atom is -0.492 e. The van der Waals surface area contributed by atoms with Gasteiger partial charge in [-0.15, -0.1) is 0 Å². The lowest BCUT2D eigenvalue weighted by atomic mass is 10.1. The van der Waals surface area contributed by atoms with Crippen LogP contribution in [0.15, 0.2) is 36.4 Å². The maximum absolute atomic E-state index is 14.1. The van der Waals surface area contributed by atoms with Crippen molar-refractivity contribution in [3.8, 4) is 5.75 Å². The highest BCUT2D eigenvalue weighted by Crippen LogP contribution is 2.31. The van der Waals surface area contributed by atoms with Gasteiger partial charge in [-0.25, -0.2) is 4.39 Å². The van der Waals surface area contributed by atoms with Gasteiger partial charge in [0.25, 0.3) is 11.6 Å². The van der Waals surface area contributed by atoms with Gasteiger partial charge in [-0.3, -0.25) is 14.9 Å². The number of benzene rings is 2. The van der Waals surface area contributed by atoms with Gasteiger partial charge in [0.1, 0.15) is 17.1 Å². The molecule has 0 fully saturated rings. The van der Waals surface area contributed by atoms with Gasteiger partial charge in [0.2, 0.25) is 0 Å². The molecule has 0 heterocycles. The summed E-state index contributed by atoms with van der Waals surface area (Å²) in [5, 5.41) is 13.4. The topological polar surface area (TPSA) is 81.5 Å². The third kappa shape index (κ3) is 4.67. The van der Waals surface area contributed by atoms with Crippen LogP contribution >= 0.6 is 11.6 Å². The van der Waals surface area contributed by atoms with Gasteiger partial charge in [-0.05, 0) is 18.6 Å². The minimum absolute atomic E-state index is 0.0808. The predicted octanol–water partition coefficient (Wildman–Crippen LogP) is 4.82. The van der Waals surface area contributed by atoms with Crippen LogP contribution in [0.4, 0.5) is 15.8 Å². The Hall–Kier alpha value is -2.67. The summed E-state index contributed by atoms with van der Waals surface area (Å²) in [6, 6.07) is 7.71. The molecule has 0 unspecified atom stereocenters. The van der Waals surface area contributed by atoms with Crippen LogP contribution in [0.1, 0.15) is 30.1 Å². The number of hydrogen-bond acceptors (Lipinski definition) is 4. The highest BCUT2D eigenvalue weighted by Gasteiger charge is 2.21. The van der Waals surface area contributed by atoms with Crippen molar-refractivity contribution in [1.29, 1.82) is 0 Å². The van der Waals surface area contributed by atoms with E-state index in [9.17, 15) is 19.3 Å². The van der Waals surface area contributed by atoms with E-state index in [1.807, 2.05) is 6.92 Å². The Kier molecular flexibility index (Phi) is 6.30. The predicted molar refractivity (Wildman–Crippen MR) is 92.9 cm³/mol. The summed E-state index contributed by atoms with van der Waals surface area (Å²) in [5.41, 5.74) is -0.705. The van der Waals surface area contributed by atoms with E-state index in [4.69, 9.17) is 16.3 Å². The van der Waals surface area contributed by atoms with Crippen molar-refractivity contribution in [3.63, 3.8) is 0 Å². The number of hydrogen-bond donors (Lipinski definition) is 1. The molecule has 0 spiro atoms. The summed E-state index contributed by atoms with van der Waals surface area (Å²) in [5.74, 6) is -1.33. The highest BCUT2D eigenvalue weighted by molar-refractivity contribution is 6.32. The van der Waals surface area contributed by atoms with E-state index in [1.54, 1.807) is 0 Å². The first-order valence-corrected chi connectivity index (χ1v) is 7.98. The molecule has 0 atom stereocenters. The zero-order valence-corrected chi connectivity index (χ0v) is 14.2. The van der Waals surface area contributed by atoms with E-state index in [0.717, 1.165) is 18.9 Å². The Morgan fingerprint density at radius 1 is 1.36 bits per heavy atom. The van der Waals surface area contributed by atoms with Crippen molar-refractivity contribution in [2.75, 3.05) is 11.9 Å². The molecule has 0 radical (unpaired) electrons. The van der Waals surface area contributed by atoms with Crippen molar-refractivity contribution >= 4 is 28.9 Å². The summed E-state index contributed by atoms with van der Waals surface area (Å²) in [6.07, 6.45) is 1.71. The molecule has 6 nitrogen and oxygen atoms in total. The molecule has 8 heteroatoms. The Bertz CT molecular complexity index is 798. The number of rotatable bonds is 7. The van der Waals surface area contributed by atoms with Crippen molar-refractivity contribution in [2.24, 2.45) is 0 Å². The standard InChI is InChI=1S/C17H16ClFN2O4/c1-2-3-8-25-16-10-14(13(19)9-12(16)18)20-17(22)11-6-4-5-7-15(11)21(23)24/h4-7,9-10H,2-3,8H2,1H3,(H,20,22). The summed E-state index contributed by atoms with van der Waals surface area (Å²) in [6.45, 7) is 2.40. The molecule has 0 aliphatic carbocycles. The van der Waals surface area contributed by atoms with Crippen LogP contribution in [0.2, 0.25) is 5.02 Å². The molecule has 2 rings (SSSR count). The fraction of sp³-hybridized carbons (Fsp3) is 0.235. The molecule has 0 aliphatic heterocycles. The number of halogens is 2. The number of nitrogens with zero attached hydrogens (tertiary/aromatic N) is 1. The zero-order valence-electron chi connectivity index (χ0n) is 13.4. The fourth-order valence-electron chi connectivity index (χ4n) is 2.08. The van der Waals surface area contributed by atoms with Gasteiger partial charge in [-0.1, -0.05) is 37.1 Å². The average Bonchev–Trinajstić information content (AvgIpc) is 2.58. The summed E-state index contributed by atoms with van der Waals surface area (Å²) < 4.78 is 19.5. The maximum Gasteiger partial charge on any atom is 0.282 e. The molecule has 2 aromatic carbocycles. The highest BCUT2D eigenvalue weighted by atomic mass is 35.5. The second-order valence-electron chi connectivity index (χ2n) is 5.19. The van der Waals surface area contributed by atoms with Crippen LogP contribution in [0.5, 0.6) is 5.75 Å². The molecule has 0 saturated heterocycles. The van der Waals surface area contributed by atoms with Gasteiger partial charge in [0.15, 0.2) is 0 Å². The summed E-state index contributed by atoms with van der Waals surface area (Å²) in [4.78, 5) is 22.6. The Morgan fingerprint density at radius 3 is 2.76 bits per heavy atom. The lowest BCUT2D eigenvalue weighted by Gasteiger charge is -2.12. The molecule has 0 saturated carbocycles. The molecule has 25 heavy (non-hydrogen) atoms. The van der Waals surface area contributed by atoms with E-state index in [2.05, 4.69) is 5.32 Å². The second kappa shape index (κ2) is 8.43. The van der Waals surface area contributed by atoms with Crippen molar-refractivity contribution in [3.05, 3.63) is 62.9 Å². The first-order chi connectivity index (χ1) is 11.9. The van der Waals surface area contributed by atoms with Crippen molar-refractivity contribution < 1.29 is 18.8 Å². The van der Waals surface area contributed by atoms with Gasteiger partial charge in [0, 0.05) is 12.1 Å². The lowest BCUT2D eigenvalue weighted by Crippen LogP contribution is -2.15. The quantitative estimate of drug-likeness (QED) is 0.432. The average molecular weight is 367 g/mol. The number of carbonyl (C=O) groups is 1. The van der Waals surface area contributed by atoms with Crippen LogP contribution in [-0.4, -0.2) is 17.4 Å². The molecule has 0 bridgehead atoms. The van der Waals surface area contributed by atoms with E-state index in [-0.39, 0.29) is 27.7 Å². The van der Waals surface area contributed by atoms with Crippen molar-refractivity contribution in [2.45, 2.75) is 19.8 Å². The van der Waals surface area contributed by atoms with Crippen molar-refractivity contribution in [1.82, 2.24) is 0 Å². The Labute approximate surface area is 148 Å². The van der Waals surface area contributed by atoms with E-state index in [0.29, 0.717) is 6.61 Å². The smallest absolute Gasteiger partial charge is 0.282 e. The molecular weight excluding hydrogens is 351 g/mol. The normalized spacial score (nSPS) is 10.4.